The molecular formula is C5H12N2O2. The van der Waals surface area contributed by atoms with E-state index in [9.17, 15) is 4.79 Å². The van der Waals surface area contributed by atoms with Gasteiger partial charge < -0.3 is 5.73 Å². The Morgan fingerprint density at radius 2 is 2.44 bits per heavy atom. The van der Waals surface area contributed by atoms with Crippen molar-refractivity contribution in [2.45, 2.75) is 6.92 Å². The second kappa shape index (κ2) is 5.53. The lowest BCUT2D eigenvalue weighted by Gasteiger charge is -2.13. The molecule has 0 spiro atoms. The Labute approximate surface area is 54.5 Å². The quantitative estimate of drug-likeness (QED) is 0.399. The molecule has 0 rings (SSSR count). The Hall–Kier alpha value is -0.610. The smallest absolute Gasteiger partial charge is 0.233 e. The highest BCUT2D eigenvalue weighted by Crippen LogP contribution is 1.81. The van der Waals surface area contributed by atoms with Gasteiger partial charge in [0, 0.05) is 6.54 Å². The Morgan fingerprint density at radius 3 is 2.78 bits per heavy atom. The summed E-state index contributed by atoms with van der Waals surface area (Å²) in [6.07, 6.45) is 0.621. The second-order valence-corrected chi connectivity index (χ2v) is 1.45. The summed E-state index contributed by atoms with van der Waals surface area (Å²) < 4.78 is 0. The molecule has 54 valence electrons. The average Bonchev–Trinajstić information content (AvgIpc) is 1.88. The van der Waals surface area contributed by atoms with Crippen LogP contribution in [0.3, 0.4) is 0 Å². The minimum atomic E-state index is 0.429. The first-order chi connectivity index (χ1) is 4.35. The van der Waals surface area contributed by atoms with E-state index in [4.69, 9.17) is 10.6 Å². The normalized spacial score (nSPS) is 9.11. The number of nitrogens with two attached hydrogens (primary N) is 1. The van der Waals surface area contributed by atoms with Gasteiger partial charge in [0.25, 0.3) is 0 Å². The van der Waals surface area contributed by atoms with E-state index in [1.807, 2.05) is 6.92 Å². The number of nitrogens with zero attached hydrogens (tertiary/aromatic N) is 1. The number of hydrogen-bond acceptors (Lipinski definition) is 3. The molecule has 0 aliphatic carbocycles. The predicted molar refractivity (Wildman–Crippen MR) is 33.5 cm³/mol. The zero-order chi connectivity index (χ0) is 7.11. The average molecular weight is 132 g/mol. The van der Waals surface area contributed by atoms with Gasteiger partial charge in [-0.05, 0) is 6.92 Å². The molecule has 0 heterocycles. The fourth-order valence-corrected chi connectivity index (χ4v) is 0.441. The van der Waals surface area contributed by atoms with Crippen LogP contribution in [0.2, 0.25) is 0 Å². The van der Waals surface area contributed by atoms with Crippen molar-refractivity contribution in [3.8, 4) is 0 Å². The Morgan fingerprint density at radius 1 is 1.78 bits per heavy atom. The molecule has 9 heavy (non-hydrogen) atoms. The van der Waals surface area contributed by atoms with Crippen molar-refractivity contribution in [3.63, 3.8) is 0 Å². The Kier molecular flexibility index (Phi) is 5.15. The lowest BCUT2D eigenvalue weighted by atomic mass is 10.6. The molecule has 0 saturated heterocycles. The summed E-state index contributed by atoms with van der Waals surface area (Å²) in [6, 6.07) is 0. The zero-order valence-electron chi connectivity index (χ0n) is 5.54. The third-order valence-corrected chi connectivity index (χ3v) is 0.762. The van der Waals surface area contributed by atoms with Gasteiger partial charge in [0.2, 0.25) is 6.41 Å². The van der Waals surface area contributed by atoms with Crippen LogP contribution in [-0.2, 0) is 9.63 Å². The lowest BCUT2D eigenvalue weighted by molar-refractivity contribution is -0.169. The van der Waals surface area contributed by atoms with E-state index in [1.165, 1.54) is 5.06 Å². The largest absolute Gasteiger partial charge is 0.329 e. The maximum atomic E-state index is 10.0. The summed E-state index contributed by atoms with van der Waals surface area (Å²) in [5.74, 6) is 0. The highest BCUT2D eigenvalue weighted by molar-refractivity contribution is 5.44. The first-order valence-electron chi connectivity index (χ1n) is 2.90. The molecule has 0 atom stereocenters. The monoisotopic (exact) mass is 132 g/mol. The summed E-state index contributed by atoms with van der Waals surface area (Å²) in [6.45, 7) is 3.20. The van der Waals surface area contributed by atoms with Gasteiger partial charge in [0.05, 0.1) is 13.2 Å². The van der Waals surface area contributed by atoms with Gasteiger partial charge in [0.1, 0.15) is 0 Å². The summed E-state index contributed by atoms with van der Waals surface area (Å²) in [5.41, 5.74) is 5.15. The molecule has 2 N–H and O–H groups in total. The third-order valence-electron chi connectivity index (χ3n) is 0.762. The first-order valence-corrected chi connectivity index (χ1v) is 2.90. The number of hydrogen-bond donors (Lipinski definition) is 1. The topological polar surface area (TPSA) is 55.6 Å². The molecule has 4 nitrogen and oxygen atoms in total. The molecule has 0 radical (unpaired) electrons. The van der Waals surface area contributed by atoms with Gasteiger partial charge >= 0.3 is 0 Å². The van der Waals surface area contributed by atoms with Crippen LogP contribution in [0.1, 0.15) is 6.92 Å². The van der Waals surface area contributed by atoms with E-state index < -0.39 is 0 Å². The summed E-state index contributed by atoms with van der Waals surface area (Å²) >= 11 is 0. The number of hydroxylamine groups is 2. The molecule has 1 amide bonds. The van der Waals surface area contributed by atoms with E-state index in [0.29, 0.717) is 26.1 Å². The van der Waals surface area contributed by atoms with Gasteiger partial charge in [-0.3, -0.25) is 9.63 Å². The van der Waals surface area contributed by atoms with Gasteiger partial charge in [-0.25, -0.2) is 5.06 Å². The molecule has 0 unspecified atom stereocenters. The van der Waals surface area contributed by atoms with Crippen LogP contribution in [0.5, 0.6) is 0 Å². The number of amides is 1. The second-order valence-electron chi connectivity index (χ2n) is 1.45. The van der Waals surface area contributed by atoms with Crippen LogP contribution in [0.15, 0.2) is 0 Å². The first kappa shape index (κ1) is 8.39. The van der Waals surface area contributed by atoms with E-state index in [0.717, 1.165) is 0 Å². The fourth-order valence-electron chi connectivity index (χ4n) is 0.441. The third kappa shape index (κ3) is 3.93. The minimum absolute atomic E-state index is 0.429. The Balaban J connectivity index is 3.29. The Bertz CT molecular complexity index is 71.4. The van der Waals surface area contributed by atoms with Crippen molar-refractivity contribution in [1.82, 2.24) is 5.06 Å². The molecule has 0 aromatic heterocycles. The molecule has 0 saturated carbocycles. The van der Waals surface area contributed by atoms with Gasteiger partial charge in [-0.2, -0.15) is 0 Å². The molecule has 0 bridgehead atoms. The van der Waals surface area contributed by atoms with E-state index in [2.05, 4.69) is 0 Å². The molecule has 0 aliphatic heterocycles. The maximum absolute atomic E-state index is 10.0. The van der Waals surface area contributed by atoms with Crippen LogP contribution in [0, 0.1) is 0 Å². The van der Waals surface area contributed by atoms with Crippen LogP contribution >= 0.6 is 0 Å². The van der Waals surface area contributed by atoms with Gasteiger partial charge in [0.15, 0.2) is 0 Å². The van der Waals surface area contributed by atoms with Gasteiger partial charge in [-0.1, -0.05) is 0 Å². The van der Waals surface area contributed by atoms with E-state index in [1.54, 1.807) is 0 Å². The zero-order valence-corrected chi connectivity index (χ0v) is 5.54. The number of carbonyl (C=O) groups excluding carboxylic acids is 1. The predicted octanol–water partition coefficient (Wildman–Crippen LogP) is -0.645. The van der Waals surface area contributed by atoms with Crippen LogP contribution in [-0.4, -0.2) is 31.2 Å². The number of rotatable bonds is 5. The van der Waals surface area contributed by atoms with Crippen molar-refractivity contribution in [2.75, 3.05) is 19.7 Å². The van der Waals surface area contributed by atoms with Crippen molar-refractivity contribution in [1.29, 1.82) is 0 Å². The molecule has 0 aromatic carbocycles. The lowest BCUT2D eigenvalue weighted by Crippen LogP contribution is -2.28. The standard InChI is InChI=1S/C5H12N2O2/c1-2-9-7(5-8)4-3-6/h5H,2-4,6H2,1H3. The molecule has 0 aliphatic rings. The SMILES string of the molecule is CCON(C=O)CCN. The molecule has 0 fully saturated rings. The maximum Gasteiger partial charge on any atom is 0.233 e. The highest BCUT2D eigenvalue weighted by atomic mass is 16.7. The molecule has 4 heteroatoms. The summed E-state index contributed by atoms with van der Waals surface area (Å²) in [4.78, 5) is 14.8. The highest BCUT2D eigenvalue weighted by Gasteiger charge is 1.95. The van der Waals surface area contributed by atoms with Crippen LogP contribution in [0.4, 0.5) is 0 Å². The molecular weight excluding hydrogens is 120 g/mol. The summed E-state index contributed by atoms with van der Waals surface area (Å²) in [7, 11) is 0. The van der Waals surface area contributed by atoms with E-state index >= 15 is 0 Å². The van der Waals surface area contributed by atoms with Crippen molar-refractivity contribution < 1.29 is 9.63 Å². The van der Waals surface area contributed by atoms with Crippen molar-refractivity contribution in [2.24, 2.45) is 5.73 Å². The number of carbonyl (C=O) groups is 1. The van der Waals surface area contributed by atoms with Crippen LogP contribution < -0.4 is 5.73 Å². The summed E-state index contributed by atoms with van der Waals surface area (Å²) in [5, 5.41) is 1.18. The molecule has 0 aromatic rings. The van der Waals surface area contributed by atoms with Crippen LogP contribution in [0.25, 0.3) is 0 Å². The van der Waals surface area contributed by atoms with Crippen molar-refractivity contribution in [3.05, 3.63) is 0 Å². The fraction of sp³-hybridized carbons (Fsp3) is 0.800. The minimum Gasteiger partial charge on any atom is -0.329 e. The van der Waals surface area contributed by atoms with E-state index in [-0.39, 0.29) is 0 Å². The van der Waals surface area contributed by atoms with Gasteiger partial charge in [-0.15, -0.1) is 0 Å². The van der Waals surface area contributed by atoms with Crippen molar-refractivity contribution >= 4 is 6.41 Å².